The molecule has 0 N–H and O–H groups in total. The second kappa shape index (κ2) is 7.83. The van der Waals surface area contributed by atoms with Gasteiger partial charge in [0, 0.05) is 5.56 Å². The van der Waals surface area contributed by atoms with Crippen molar-refractivity contribution in [2.75, 3.05) is 7.11 Å². The molecule has 1 aliphatic carbocycles. The molecule has 0 amide bonds. The summed E-state index contributed by atoms with van der Waals surface area (Å²) >= 11 is 0. The van der Waals surface area contributed by atoms with Crippen LogP contribution in [0.1, 0.15) is 42.7 Å². The number of benzene rings is 1. The Morgan fingerprint density at radius 2 is 2.00 bits per heavy atom. The van der Waals surface area contributed by atoms with Gasteiger partial charge >= 0.3 is 5.97 Å². The lowest BCUT2D eigenvalue weighted by molar-refractivity contribution is -0.148. The number of esters is 1. The third-order valence-corrected chi connectivity index (χ3v) is 4.81. The van der Waals surface area contributed by atoms with E-state index in [1.807, 2.05) is 31.2 Å². The Labute approximate surface area is 148 Å². The Hall–Kier alpha value is -2.14. The van der Waals surface area contributed by atoms with Gasteiger partial charge in [0.2, 0.25) is 5.89 Å². The molecule has 0 saturated heterocycles. The third kappa shape index (κ3) is 4.28. The normalized spacial score (nSPS) is 20.4. The van der Waals surface area contributed by atoms with Gasteiger partial charge in [-0.25, -0.2) is 4.98 Å². The predicted octanol–water partition coefficient (Wildman–Crippen LogP) is 4.21. The summed E-state index contributed by atoms with van der Waals surface area (Å²) in [5, 5.41) is 0. The molecule has 25 heavy (non-hydrogen) atoms. The molecule has 2 aromatic rings. The van der Waals surface area contributed by atoms with Gasteiger partial charge in [-0.05, 0) is 45.2 Å². The molecule has 1 aromatic heterocycles. The van der Waals surface area contributed by atoms with Gasteiger partial charge < -0.3 is 13.9 Å². The number of carbonyl (C=O) groups is 1. The van der Waals surface area contributed by atoms with Crippen molar-refractivity contribution < 1.29 is 18.7 Å². The fraction of sp³-hybridized carbons (Fsp3) is 0.500. The lowest BCUT2D eigenvalue weighted by atomic mass is 9.87. The van der Waals surface area contributed by atoms with E-state index in [0.29, 0.717) is 18.9 Å². The minimum absolute atomic E-state index is 0.0507. The molecule has 0 bridgehead atoms. The van der Waals surface area contributed by atoms with Gasteiger partial charge in [-0.1, -0.05) is 24.1 Å². The van der Waals surface area contributed by atoms with Gasteiger partial charge in [0.25, 0.3) is 0 Å². The van der Waals surface area contributed by atoms with E-state index in [2.05, 4.69) is 11.9 Å². The average molecular weight is 343 g/mol. The van der Waals surface area contributed by atoms with Crippen molar-refractivity contribution in [3.05, 3.63) is 41.3 Å². The topological polar surface area (TPSA) is 61.6 Å². The number of hydrogen-bond donors (Lipinski definition) is 0. The van der Waals surface area contributed by atoms with E-state index in [1.165, 1.54) is 12.7 Å². The zero-order chi connectivity index (χ0) is 17.8. The fourth-order valence-electron chi connectivity index (χ4n) is 3.26. The van der Waals surface area contributed by atoms with Gasteiger partial charge in [0.1, 0.15) is 11.5 Å². The maximum atomic E-state index is 11.7. The van der Waals surface area contributed by atoms with Crippen LogP contribution in [0, 0.1) is 19.8 Å². The first-order chi connectivity index (χ1) is 12.1. The predicted molar refractivity (Wildman–Crippen MR) is 94.0 cm³/mol. The molecule has 1 aromatic carbocycles. The Balaban J connectivity index is 1.62. The van der Waals surface area contributed by atoms with Crippen LogP contribution in [-0.2, 0) is 20.9 Å². The van der Waals surface area contributed by atoms with Crippen LogP contribution in [0.3, 0.4) is 0 Å². The molecule has 0 unspecified atom stereocenters. The first-order valence-electron chi connectivity index (χ1n) is 8.79. The van der Waals surface area contributed by atoms with Crippen LogP contribution in [0.15, 0.2) is 28.7 Å². The minimum atomic E-state index is -0.132. The van der Waals surface area contributed by atoms with E-state index in [0.717, 1.165) is 36.3 Å². The van der Waals surface area contributed by atoms with Gasteiger partial charge in [-0.3, -0.25) is 4.79 Å². The summed E-state index contributed by atoms with van der Waals surface area (Å²) in [6, 6.07) is 8.10. The summed E-state index contributed by atoms with van der Waals surface area (Å²) < 4.78 is 16.7. The number of ether oxygens (including phenoxy) is 2. The van der Waals surface area contributed by atoms with Crippen LogP contribution >= 0.6 is 0 Å². The largest absolute Gasteiger partial charge is 0.469 e. The van der Waals surface area contributed by atoms with E-state index in [1.54, 1.807) is 0 Å². The molecule has 0 radical (unpaired) electrons. The molecule has 2 atom stereocenters. The highest BCUT2D eigenvalue weighted by atomic mass is 16.5. The second-order valence-corrected chi connectivity index (χ2v) is 6.71. The average Bonchev–Trinajstić information content (AvgIpc) is 3.01. The maximum Gasteiger partial charge on any atom is 0.308 e. The van der Waals surface area contributed by atoms with Crippen LogP contribution in [0.5, 0.6) is 0 Å². The SMILES string of the molecule is COC(=O)[C@H]1CCC[C@@H](OCc2nc(-c3ccc(C)cc3)oc2C)C1. The molecule has 1 aliphatic rings. The van der Waals surface area contributed by atoms with Crippen molar-refractivity contribution in [2.24, 2.45) is 5.92 Å². The van der Waals surface area contributed by atoms with Crippen LogP contribution < -0.4 is 0 Å². The minimum Gasteiger partial charge on any atom is -0.469 e. The molecule has 1 saturated carbocycles. The van der Waals surface area contributed by atoms with Gasteiger partial charge in [-0.15, -0.1) is 0 Å². The lowest BCUT2D eigenvalue weighted by Crippen LogP contribution is -2.28. The van der Waals surface area contributed by atoms with Crippen molar-refractivity contribution in [1.29, 1.82) is 0 Å². The molecule has 0 spiro atoms. The van der Waals surface area contributed by atoms with Crippen molar-refractivity contribution in [3.8, 4) is 11.5 Å². The van der Waals surface area contributed by atoms with E-state index < -0.39 is 0 Å². The van der Waals surface area contributed by atoms with E-state index in [-0.39, 0.29) is 18.0 Å². The maximum absolute atomic E-state index is 11.7. The Morgan fingerprint density at radius 1 is 1.24 bits per heavy atom. The molecule has 1 heterocycles. The summed E-state index contributed by atoms with van der Waals surface area (Å²) in [5.74, 6) is 1.21. The van der Waals surface area contributed by atoms with E-state index >= 15 is 0 Å². The van der Waals surface area contributed by atoms with Crippen molar-refractivity contribution in [2.45, 2.75) is 52.2 Å². The Bertz CT molecular complexity index is 720. The molecule has 1 fully saturated rings. The summed E-state index contributed by atoms with van der Waals surface area (Å²) in [6.07, 6.45) is 3.62. The fourth-order valence-corrected chi connectivity index (χ4v) is 3.26. The highest BCUT2D eigenvalue weighted by Gasteiger charge is 2.28. The summed E-state index contributed by atoms with van der Waals surface area (Å²) in [7, 11) is 1.44. The summed E-state index contributed by atoms with van der Waals surface area (Å²) in [5.41, 5.74) is 2.98. The van der Waals surface area contributed by atoms with Crippen LogP contribution in [0.25, 0.3) is 11.5 Å². The standard InChI is InChI=1S/C20H25NO4/c1-13-7-9-15(10-8-13)19-21-18(14(2)25-19)12-24-17-6-4-5-16(11-17)20(22)23-3/h7-10,16-17H,4-6,11-12H2,1-3H3/t16-,17+/m0/s1. The van der Waals surface area contributed by atoms with E-state index in [4.69, 9.17) is 13.9 Å². The Morgan fingerprint density at radius 3 is 2.72 bits per heavy atom. The third-order valence-electron chi connectivity index (χ3n) is 4.81. The molecular weight excluding hydrogens is 318 g/mol. The number of methoxy groups -OCH3 is 1. The number of aryl methyl sites for hydroxylation is 2. The molecule has 5 nitrogen and oxygen atoms in total. The zero-order valence-corrected chi connectivity index (χ0v) is 15.1. The number of carbonyl (C=O) groups excluding carboxylic acids is 1. The molecular formula is C20H25NO4. The van der Waals surface area contributed by atoms with Crippen LogP contribution in [0.2, 0.25) is 0 Å². The van der Waals surface area contributed by atoms with Crippen molar-refractivity contribution in [3.63, 3.8) is 0 Å². The van der Waals surface area contributed by atoms with Crippen LogP contribution in [0.4, 0.5) is 0 Å². The number of oxazole rings is 1. The molecule has 3 rings (SSSR count). The van der Waals surface area contributed by atoms with Crippen molar-refractivity contribution >= 4 is 5.97 Å². The summed E-state index contributed by atoms with van der Waals surface area (Å²) in [6.45, 7) is 4.36. The quantitative estimate of drug-likeness (QED) is 0.761. The number of aromatic nitrogens is 1. The van der Waals surface area contributed by atoms with Gasteiger partial charge in [0.15, 0.2) is 0 Å². The lowest BCUT2D eigenvalue weighted by Gasteiger charge is -2.27. The highest BCUT2D eigenvalue weighted by Crippen LogP contribution is 2.29. The molecule has 0 aliphatic heterocycles. The Kier molecular flexibility index (Phi) is 5.53. The van der Waals surface area contributed by atoms with Gasteiger partial charge in [-0.2, -0.15) is 0 Å². The molecule has 5 heteroatoms. The van der Waals surface area contributed by atoms with E-state index in [9.17, 15) is 4.79 Å². The monoisotopic (exact) mass is 343 g/mol. The second-order valence-electron chi connectivity index (χ2n) is 6.71. The highest BCUT2D eigenvalue weighted by molar-refractivity contribution is 5.72. The molecule has 134 valence electrons. The van der Waals surface area contributed by atoms with Crippen LogP contribution in [-0.4, -0.2) is 24.2 Å². The number of rotatable bonds is 5. The number of nitrogens with zero attached hydrogens (tertiary/aromatic N) is 1. The summed E-state index contributed by atoms with van der Waals surface area (Å²) in [4.78, 5) is 16.3. The first-order valence-corrected chi connectivity index (χ1v) is 8.79. The van der Waals surface area contributed by atoms with Crippen molar-refractivity contribution in [1.82, 2.24) is 4.98 Å². The first kappa shape index (κ1) is 17.7. The smallest absolute Gasteiger partial charge is 0.308 e. The van der Waals surface area contributed by atoms with Gasteiger partial charge in [0.05, 0.1) is 25.7 Å². The zero-order valence-electron chi connectivity index (χ0n) is 15.1. The number of hydrogen-bond acceptors (Lipinski definition) is 5.